The maximum atomic E-state index is 5.72. The van der Waals surface area contributed by atoms with Crippen molar-refractivity contribution >= 4 is 33.0 Å². The lowest BCUT2D eigenvalue weighted by Gasteiger charge is -1.99. The third kappa shape index (κ3) is 2.62. The lowest BCUT2D eigenvalue weighted by atomic mass is 10.1. The second-order valence-electron chi connectivity index (χ2n) is 4.55. The second-order valence-corrected chi connectivity index (χ2v) is 6.67. The summed E-state index contributed by atoms with van der Waals surface area (Å²) in [5.74, 6) is 0. The van der Waals surface area contributed by atoms with Crippen molar-refractivity contribution in [2.24, 2.45) is 0 Å². The van der Waals surface area contributed by atoms with E-state index in [2.05, 4.69) is 35.0 Å². The van der Waals surface area contributed by atoms with Gasteiger partial charge in [0.05, 0.1) is 5.69 Å². The van der Waals surface area contributed by atoms with Gasteiger partial charge in [0, 0.05) is 26.2 Å². The van der Waals surface area contributed by atoms with Crippen molar-refractivity contribution < 1.29 is 0 Å². The molecule has 0 saturated carbocycles. The molecule has 1 aromatic heterocycles. The molecule has 0 aliphatic rings. The van der Waals surface area contributed by atoms with Crippen LogP contribution in [0, 0.1) is 6.92 Å². The number of aryl methyl sites for hydroxylation is 1. The van der Waals surface area contributed by atoms with Crippen LogP contribution < -0.4 is 5.73 Å². The lowest BCUT2D eigenvalue weighted by Crippen LogP contribution is -1.84. The van der Waals surface area contributed by atoms with Gasteiger partial charge in [-0.1, -0.05) is 28.1 Å². The van der Waals surface area contributed by atoms with Crippen molar-refractivity contribution in [3.8, 4) is 21.8 Å². The Kier molecular flexibility index (Phi) is 3.59. The largest absolute Gasteiger partial charge is 0.399 e. The molecule has 0 bridgehead atoms. The van der Waals surface area contributed by atoms with E-state index in [4.69, 9.17) is 10.7 Å². The number of thiazole rings is 1. The SMILES string of the molecule is Cc1sc(-c2ccc(N)cc2)nc1-c1ccc(Br)cc1. The van der Waals surface area contributed by atoms with Crippen molar-refractivity contribution in [1.29, 1.82) is 0 Å². The number of halogens is 1. The Labute approximate surface area is 130 Å². The normalized spacial score (nSPS) is 10.7. The molecule has 2 nitrogen and oxygen atoms in total. The highest BCUT2D eigenvalue weighted by atomic mass is 79.9. The molecule has 3 aromatic rings. The maximum absolute atomic E-state index is 5.72. The molecule has 2 N–H and O–H groups in total. The van der Waals surface area contributed by atoms with Gasteiger partial charge in [-0.05, 0) is 43.3 Å². The molecule has 0 amide bonds. The van der Waals surface area contributed by atoms with Crippen molar-refractivity contribution in [3.05, 3.63) is 57.9 Å². The van der Waals surface area contributed by atoms with Gasteiger partial charge >= 0.3 is 0 Å². The quantitative estimate of drug-likeness (QED) is 0.654. The number of benzene rings is 2. The molecule has 0 saturated heterocycles. The van der Waals surface area contributed by atoms with Crippen molar-refractivity contribution in [1.82, 2.24) is 4.98 Å². The van der Waals surface area contributed by atoms with Crippen LogP contribution in [-0.2, 0) is 0 Å². The third-order valence-electron chi connectivity index (χ3n) is 3.07. The van der Waals surface area contributed by atoms with Gasteiger partial charge in [0.25, 0.3) is 0 Å². The molecule has 0 atom stereocenters. The summed E-state index contributed by atoms with van der Waals surface area (Å²) in [6.07, 6.45) is 0. The number of hydrogen-bond donors (Lipinski definition) is 1. The first-order valence-corrected chi connectivity index (χ1v) is 7.84. The Hall–Kier alpha value is -1.65. The fourth-order valence-corrected chi connectivity index (χ4v) is 3.23. The zero-order valence-electron chi connectivity index (χ0n) is 10.9. The minimum absolute atomic E-state index is 0.773. The van der Waals surface area contributed by atoms with Crippen molar-refractivity contribution in [2.45, 2.75) is 6.92 Å². The summed E-state index contributed by atoms with van der Waals surface area (Å²) in [6, 6.07) is 16.1. The van der Waals surface area contributed by atoms with Crippen LogP contribution in [0.25, 0.3) is 21.8 Å². The van der Waals surface area contributed by atoms with Crippen LogP contribution in [0.5, 0.6) is 0 Å². The number of nitrogens with two attached hydrogens (primary N) is 1. The Morgan fingerprint density at radius 1 is 0.950 bits per heavy atom. The first-order valence-electron chi connectivity index (χ1n) is 6.23. The summed E-state index contributed by atoms with van der Waals surface area (Å²) >= 11 is 5.16. The number of nitrogen functional groups attached to an aromatic ring is 1. The van der Waals surface area contributed by atoms with Gasteiger partial charge in [-0.2, -0.15) is 0 Å². The Bertz CT molecular complexity index is 730. The van der Waals surface area contributed by atoms with E-state index in [1.807, 2.05) is 36.4 Å². The number of hydrogen-bond acceptors (Lipinski definition) is 3. The second kappa shape index (κ2) is 5.38. The smallest absolute Gasteiger partial charge is 0.124 e. The molecule has 1 heterocycles. The first kappa shape index (κ1) is 13.3. The number of anilines is 1. The highest BCUT2D eigenvalue weighted by Crippen LogP contribution is 2.33. The van der Waals surface area contributed by atoms with Gasteiger partial charge in [0.15, 0.2) is 0 Å². The van der Waals surface area contributed by atoms with Gasteiger partial charge in [-0.25, -0.2) is 4.98 Å². The molecule has 0 fully saturated rings. The molecular formula is C16H13BrN2S. The molecule has 4 heteroatoms. The van der Waals surface area contributed by atoms with E-state index in [1.165, 1.54) is 4.88 Å². The molecule has 20 heavy (non-hydrogen) atoms. The minimum atomic E-state index is 0.773. The van der Waals surface area contributed by atoms with Gasteiger partial charge in [-0.15, -0.1) is 11.3 Å². The summed E-state index contributed by atoms with van der Waals surface area (Å²) in [4.78, 5) is 5.99. The minimum Gasteiger partial charge on any atom is -0.399 e. The van der Waals surface area contributed by atoms with E-state index in [9.17, 15) is 0 Å². The van der Waals surface area contributed by atoms with Gasteiger partial charge in [-0.3, -0.25) is 0 Å². The van der Waals surface area contributed by atoms with Gasteiger partial charge in [0.1, 0.15) is 5.01 Å². The van der Waals surface area contributed by atoms with E-state index in [1.54, 1.807) is 11.3 Å². The monoisotopic (exact) mass is 344 g/mol. The van der Waals surface area contributed by atoms with E-state index >= 15 is 0 Å². The maximum Gasteiger partial charge on any atom is 0.124 e. The standard InChI is InChI=1S/C16H13BrN2S/c1-10-15(11-2-6-13(17)7-3-11)19-16(20-10)12-4-8-14(18)9-5-12/h2-9H,18H2,1H3. The Morgan fingerprint density at radius 3 is 2.20 bits per heavy atom. The van der Waals surface area contributed by atoms with Crippen LogP contribution in [0.1, 0.15) is 4.88 Å². The molecule has 2 aromatic carbocycles. The highest BCUT2D eigenvalue weighted by Gasteiger charge is 2.11. The average molecular weight is 345 g/mol. The highest BCUT2D eigenvalue weighted by molar-refractivity contribution is 9.10. The predicted molar refractivity (Wildman–Crippen MR) is 89.8 cm³/mol. The predicted octanol–water partition coefficient (Wildman–Crippen LogP) is 5.13. The van der Waals surface area contributed by atoms with Crippen LogP contribution >= 0.6 is 27.3 Å². The van der Waals surface area contributed by atoms with Gasteiger partial charge in [0.2, 0.25) is 0 Å². The molecular weight excluding hydrogens is 332 g/mol. The Balaban J connectivity index is 2.02. The molecule has 3 rings (SSSR count). The molecule has 0 spiro atoms. The van der Waals surface area contributed by atoms with Crippen molar-refractivity contribution in [3.63, 3.8) is 0 Å². The summed E-state index contributed by atoms with van der Waals surface area (Å²) in [5.41, 5.74) is 9.80. The van der Waals surface area contributed by atoms with Crippen LogP contribution in [0.2, 0.25) is 0 Å². The summed E-state index contributed by atoms with van der Waals surface area (Å²) in [5, 5.41) is 1.03. The van der Waals surface area contributed by atoms with E-state index < -0.39 is 0 Å². The molecule has 0 aliphatic heterocycles. The fourth-order valence-electron chi connectivity index (χ4n) is 2.02. The van der Waals surface area contributed by atoms with Gasteiger partial charge < -0.3 is 5.73 Å². The fraction of sp³-hybridized carbons (Fsp3) is 0.0625. The van der Waals surface area contributed by atoms with E-state index in [0.29, 0.717) is 0 Å². The third-order valence-corrected chi connectivity index (χ3v) is 4.62. The summed E-state index contributed by atoms with van der Waals surface area (Å²) in [6.45, 7) is 2.11. The summed E-state index contributed by atoms with van der Waals surface area (Å²) < 4.78 is 1.08. The average Bonchev–Trinajstić information content (AvgIpc) is 2.82. The molecule has 0 radical (unpaired) electrons. The Morgan fingerprint density at radius 2 is 1.55 bits per heavy atom. The van der Waals surface area contributed by atoms with Crippen LogP contribution in [0.3, 0.4) is 0 Å². The van der Waals surface area contributed by atoms with Crippen molar-refractivity contribution in [2.75, 3.05) is 5.73 Å². The molecule has 0 unspecified atom stereocenters. The van der Waals surface area contributed by atoms with Crippen LogP contribution in [-0.4, -0.2) is 4.98 Å². The molecule has 0 aliphatic carbocycles. The first-order chi connectivity index (χ1) is 9.63. The van der Waals surface area contributed by atoms with Crippen LogP contribution in [0.15, 0.2) is 53.0 Å². The zero-order valence-corrected chi connectivity index (χ0v) is 13.3. The number of nitrogens with zero attached hydrogens (tertiary/aromatic N) is 1. The number of aromatic nitrogens is 1. The van der Waals surface area contributed by atoms with E-state index in [0.717, 1.165) is 32.0 Å². The number of rotatable bonds is 2. The van der Waals surface area contributed by atoms with Crippen LogP contribution in [0.4, 0.5) is 5.69 Å². The topological polar surface area (TPSA) is 38.9 Å². The zero-order chi connectivity index (χ0) is 14.1. The van der Waals surface area contributed by atoms with E-state index in [-0.39, 0.29) is 0 Å². The molecule has 100 valence electrons. The lowest BCUT2D eigenvalue weighted by molar-refractivity contribution is 1.37. The summed E-state index contributed by atoms with van der Waals surface area (Å²) in [7, 11) is 0.